The Bertz CT molecular complexity index is 831. The van der Waals surface area contributed by atoms with E-state index in [-0.39, 0.29) is 5.56 Å². The fraction of sp³-hybridized carbons (Fsp3) is 0.105. The number of aromatic nitrogens is 2. The molecule has 0 aliphatic rings. The summed E-state index contributed by atoms with van der Waals surface area (Å²) in [7, 11) is 0. The minimum absolute atomic E-state index is 0.153. The Hall–Kier alpha value is -3.39. The van der Waals surface area contributed by atoms with Gasteiger partial charge < -0.3 is 9.63 Å². The van der Waals surface area contributed by atoms with Crippen LogP contribution in [-0.4, -0.2) is 21.2 Å². The second-order valence-electron chi connectivity index (χ2n) is 4.90. The van der Waals surface area contributed by atoms with E-state index in [0.717, 1.165) is 0 Å². The maximum absolute atomic E-state index is 11.3. The fourth-order valence-electron chi connectivity index (χ4n) is 2.27. The van der Waals surface area contributed by atoms with Crippen LogP contribution in [0.5, 0.6) is 0 Å². The summed E-state index contributed by atoms with van der Waals surface area (Å²) >= 11 is 0. The molecule has 2 heterocycles. The van der Waals surface area contributed by atoms with Crippen LogP contribution in [0.2, 0.25) is 0 Å². The van der Waals surface area contributed by atoms with Crippen molar-refractivity contribution in [3.05, 3.63) is 71.4 Å². The molecule has 1 N–H and O–H groups in total. The quantitative estimate of drug-likeness (QED) is 0.728. The van der Waals surface area contributed by atoms with Crippen LogP contribution >= 0.6 is 0 Å². The summed E-state index contributed by atoms with van der Waals surface area (Å²) in [6.45, 7) is 3.49. The predicted octanol–water partition coefficient (Wildman–Crippen LogP) is 3.72. The zero-order valence-electron chi connectivity index (χ0n) is 13.4. The van der Waals surface area contributed by atoms with Crippen molar-refractivity contribution in [2.75, 3.05) is 0 Å². The van der Waals surface area contributed by atoms with Gasteiger partial charge in [-0.2, -0.15) is 0 Å². The molecule has 1 aromatic carbocycles. The van der Waals surface area contributed by atoms with Gasteiger partial charge >= 0.3 is 5.97 Å². The number of carboxylic acid groups (broad SMARTS) is 1. The molecule has 0 bridgehead atoms. The van der Waals surface area contributed by atoms with Crippen molar-refractivity contribution in [2.45, 2.75) is 13.8 Å². The Morgan fingerprint density at radius 3 is 2.25 bits per heavy atom. The van der Waals surface area contributed by atoms with E-state index in [0.29, 0.717) is 28.1 Å². The van der Waals surface area contributed by atoms with Crippen molar-refractivity contribution < 1.29 is 14.4 Å². The van der Waals surface area contributed by atoms with Gasteiger partial charge in [-0.3, -0.25) is 4.98 Å². The lowest BCUT2D eigenvalue weighted by Crippen LogP contribution is -2.02. The SMILES string of the molecule is C#Cc1cccc(C(=O)O)c1-c1c(C)noc1C.c1ccncc1. The Balaban J connectivity index is 0.000000292. The highest BCUT2D eigenvalue weighted by molar-refractivity contribution is 5.98. The number of carboxylic acids is 1. The Kier molecular flexibility index (Phi) is 5.48. The molecule has 24 heavy (non-hydrogen) atoms. The van der Waals surface area contributed by atoms with Gasteiger partial charge in [0.2, 0.25) is 0 Å². The first-order valence-electron chi connectivity index (χ1n) is 7.17. The molecule has 0 atom stereocenters. The van der Waals surface area contributed by atoms with Gasteiger partial charge in [0, 0.05) is 29.1 Å². The molecule has 3 aromatic rings. The molecule has 0 spiro atoms. The number of rotatable bonds is 2. The molecule has 0 saturated heterocycles. The molecule has 0 unspecified atom stereocenters. The van der Waals surface area contributed by atoms with Crippen molar-refractivity contribution in [1.82, 2.24) is 10.1 Å². The first-order chi connectivity index (χ1) is 11.6. The molecule has 120 valence electrons. The van der Waals surface area contributed by atoms with Crippen LogP contribution in [0.25, 0.3) is 11.1 Å². The largest absolute Gasteiger partial charge is 0.478 e. The lowest BCUT2D eigenvalue weighted by Gasteiger charge is -2.08. The molecule has 5 nitrogen and oxygen atoms in total. The standard InChI is InChI=1S/C14H11NO3.C5H5N/c1-4-10-6-5-7-11(14(16)17)13(10)12-8(2)15-18-9(12)3;1-2-4-6-5-3-1/h1,5-7H,2-3H3,(H,16,17);1-5H. The van der Waals surface area contributed by atoms with Gasteiger partial charge in [0.25, 0.3) is 0 Å². The van der Waals surface area contributed by atoms with Crippen LogP contribution < -0.4 is 0 Å². The number of nitrogens with zero attached hydrogens (tertiary/aromatic N) is 2. The molecule has 0 fully saturated rings. The first-order valence-corrected chi connectivity index (χ1v) is 7.17. The van der Waals surface area contributed by atoms with E-state index in [9.17, 15) is 9.90 Å². The lowest BCUT2D eigenvalue weighted by molar-refractivity contribution is 0.0697. The highest BCUT2D eigenvalue weighted by Crippen LogP contribution is 2.32. The first kappa shape index (κ1) is 17.0. The monoisotopic (exact) mass is 320 g/mol. The normalized spacial score (nSPS) is 9.54. The maximum Gasteiger partial charge on any atom is 0.336 e. The Labute approximate surface area is 140 Å². The highest BCUT2D eigenvalue weighted by atomic mass is 16.5. The number of hydrogen-bond acceptors (Lipinski definition) is 4. The molecular weight excluding hydrogens is 304 g/mol. The Morgan fingerprint density at radius 1 is 1.12 bits per heavy atom. The Morgan fingerprint density at radius 2 is 1.83 bits per heavy atom. The molecule has 5 heteroatoms. The smallest absolute Gasteiger partial charge is 0.336 e. The summed E-state index contributed by atoms with van der Waals surface area (Å²) in [6, 6.07) is 10.6. The van der Waals surface area contributed by atoms with Gasteiger partial charge in [-0.05, 0) is 38.1 Å². The summed E-state index contributed by atoms with van der Waals surface area (Å²) in [5, 5.41) is 13.1. The highest BCUT2D eigenvalue weighted by Gasteiger charge is 2.21. The van der Waals surface area contributed by atoms with Gasteiger partial charge in [0.1, 0.15) is 5.76 Å². The van der Waals surface area contributed by atoms with Gasteiger partial charge in [0.15, 0.2) is 0 Å². The second kappa shape index (κ2) is 7.75. The van der Waals surface area contributed by atoms with E-state index < -0.39 is 5.97 Å². The second-order valence-corrected chi connectivity index (χ2v) is 4.90. The summed E-state index contributed by atoms with van der Waals surface area (Å²) in [4.78, 5) is 15.1. The third-order valence-electron chi connectivity index (χ3n) is 3.30. The number of benzene rings is 1. The number of aromatic carboxylic acids is 1. The van der Waals surface area contributed by atoms with Gasteiger partial charge in [-0.25, -0.2) is 4.79 Å². The fourth-order valence-corrected chi connectivity index (χ4v) is 2.27. The molecule has 3 rings (SSSR count). The van der Waals surface area contributed by atoms with Crippen molar-refractivity contribution in [3.63, 3.8) is 0 Å². The van der Waals surface area contributed by atoms with Crippen LogP contribution in [-0.2, 0) is 0 Å². The van der Waals surface area contributed by atoms with E-state index in [1.165, 1.54) is 6.07 Å². The van der Waals surface area contributed by atoms with Gasteiger partial charge in [0.05, 0.1) is 11.3 Å². The number of pyridine rings is 1. The van der Waals surface area contributed by atoms with Crippen molar-refractivity contribution in [1.29, 1.82) is 0 Å². The minimum atomic E-state index is -1.03. The molecule has 0 aliphatic heterocycles. The summed E-state index contributed by atoms with van der Waals surface area (Å²) < 4.78 is 5.07. The molecular formula is C19H16N2O3. The van der Waals surface area contributed by atoms with E-state index in [4.69, 9.17) is 10.9 Å². The van der Waals surface area contributed by atoms with E-state index in [2.05, 4.69) is 16.1 Å². The average molecular weight is 320 g/mol. The summed E-state index contributed by atoms with van der Waals surface area (Å²) in [6.07, 6.45) is 8.93. The van der Waals surface area contributed by atoms with E-state index >= 15 is 0 Å². The van der Waals surface area contributed by atoms with Crippen LogP contribution in [0, 0.1) is 26.2 Å². The topological polar surface area (TPSA) is 76.2 Å². The van der Waals surface area contributed by atoms with Crippen LogP contribution in [0.1, 0.15) is 27.4 Å². The third kappa shape index (κ3) is 3.68. The van der Waals surface area contributed by atoms with Crippen molar-refractivity contribution >= 4 is 5.97 Å². The van der Waals surface area contributed by atoms with Crippen LogP contribution in [0.3, 0.4) is 0 Å². The predicted molar refractivity (Wildman–Crippen MR) is 90.5 cm³/mol. The van der Waals surface area contributed by atoms with Gasteiger partial charge in [-0.15, -0.1) is 6.42 Å². The van der Waals surface area contributed by atoms with Crippen LogP contribution in [0.4, 0.5) is 0 Å². The maximum atomic E-state index is 11.3. The molecule has 0 amide bonds. The lowest BCUT2D eigenvalue weighted by atomic mass is 9.93. The van der Waals surface area contributed by atoms with E-state index in [1.54, 1.807) is 38.4 Å². The zero-order chi connectivity index (χ0) is 17.5. The van der Waals surface area contributed by atoms with E-state index in [1.807, 2.05) is 18.2 Å². The van der Waals surface area contributed by atoms with Crippen molar-refractivity contribution in [2.24, 2.45) is 0 Å². The summed E-state index contributed by atoms with van der Waals surface area (Å²) in [5.41, 5.74) is 2.44. The third-order valence-corrected chi connectivity index (χ3v) is 3.30. The molecule has 2 aromatic heterocycles. The molecule has 0 radical (unpaired) electrons. The average Bonchev–Trinajstić information content (AvgIpc) is 2.94. The molecule has 0 aliphatic carbocycles. The van der Waals surface area contributed by atoms with Crippen LogP contribution in [0.15, 0.2) is 53.3 Å². The molecule has 0 saturated carbocycles. The minimum Gasteiger partial charge on any atom is -0.478 e. The number of terminal acetylenes is 1. The number of carbonyl (C=O) groups is 1. The zero-order valence-corrected chi connectivity index (χ0v) is 13.4. The summed E-state index contributed by atoms with van der Waals surface area (Å²) in [5.74, 6) is 2.03. The number of aryl methyl sites for hydroxylation is 2. The number of hydrogen-bond donors (Lipinski definition) is 1. The van der Waals surface area contributed by atoms with Gasteiger partial charge in [-0.1, -0.05) is 23.2 Å². The van der Waals surface area contributed by atoms with Crippen molar-refractivity contribution in [3.8, 4) is 23.5 Å².